The summed E-state index contributed by atoms with van der Waals surface area (Å²) in [6.07, 6.45) is 1.10. The van der Waals surface area contributed by atoms with Gasteiger partial charge in [-0.3, -0.25) is 13.9 Å². The lowest BCUT2D eigenvalue weighted by atomic mass is 10.1. The van der Waals surface area contributed by atoms with Crippen molar-refractivity contribution in [3.63, 3.8) is 0 Å². The zero-order valence-electron chi connectivity index (χ0n) is 22.9. The highest BCUT2D eigenvalue weighted by molar-refractivity contribution is 7.92. The quantitative estimate of drug-likeness (QED) is 0.335. The van der Waals surface area contributed by atoms with Gasteiger partial charge in [0.05, 0.1) is 17.7 Å². The van der Waals surface area contributed by atoms with Gasteiger partial charge in [0.25, 0.3) is 10.0 Å². The van der Waals surface area contributed by atoms with Crippen molar-refractivity contribution < 1.29 is 22.7 Å². The molecule has 8 nitrogen and oxygen atoms in total. The fourth-order valence-corrected chi connectivity index (χ4v) is 5.66. The number of sulfonamides is 1. The average molecular weight is 552 g/mol. The summed E-state index contributed by atoms with van der Waals surface area (Å²) in [5.74, 6) is -0.470. The first-order valence-corrected chi connectivity index (χ1v) is 14.5. The number of methoxy groups -OCH3 is 1. The van der Waals surface area contributed by atoms with Crippen LogP contribution in [0.4, 0.5) is 5.69 Å². The number of nitrogens with zero attached hydrogens (tertiary/aromatic N) is 2. The summed E-state index contributed by atoms with van der Waals surface area (Å²) < 4.78 is 34.3. The molecule has 0 unspecified atom stereocenters. The van der Waals surface area contributed by atoms with Crippen molar-refractivity contribution in [2.24, 2.45) is 0 Å². The third-order valence-electron chi connectivity index (χ3n) is 6.55. The molecule has 3 aromatic rings. The molecule has 2 atom stereocenters. The number of benzene rings is 3. The number of nitrogens with one attached hydrogen (secondary N) is 1. The third kappa shape index (κ3) is 7.38. The SMILES string of the molecule is CC[C@H](C)NC(=O)[C@H](CC)N(Cc1ccccc1)C(=O)CN(c1ccccc1OC)S(=O)(=O)c1ccccc1. The van der Waals surface area contributed by atoms with Crippen LogP contribution >= 0.6 is 0 Å². The van der Waals surface area contributed by atoms with Crippen molar-refractivity contribution in [1.29, 1.82) is 0 Å². The summed E-state index contributed by atoms with van der Waals surface area (Å²) in [7, 11) is -2.71. The van der Waals surface area contributed by atoms with Gasteiger partial charge in [0.2, 0.25) is 11.8 Å². The fraction of sp³-hybridized carbons (Fsp3) is 0.333. The van der Waals surface area contributed by atoms with Crippen molar-refractivity contribution in [1.82, 2.24) is 10.2 Å². The van der Waals surface area contributed by atoms with Gasteiger partial charge in [-0.2, -0.15) is 0 Å². The van der Waals surface area contributed by atoms with Gasteiger partial charge in [0.1, 0.15) is 18.3 Å². The van der Waals surface area contributed by atoms with Crippen molar-refractivity contribution in [3.05, 3.63) is 90.5 Å². The van der Waals surface area contributed by atoms with Crippen LogP contribution in [-0.2, 0) is 26.2 Å². The lowest BCUT2D eigenvalue weighted by molar-refractivity contribution is -0.140. The largest absolute Gasteiger partial charge is 0.495 e. The van der Waals surface area contributed by atoms with E-state index in [0.717, 1.165) is 16.3 Å². The highest BCUT2D eigenvalue weighted by Crippen LogP contribution is 2.32. The average Bonchev–Trinajstić information content (AvgIpc) is 2.96. The second kappa shape index (κ2) is 13.8. The summed E-state index contributed by atoms with van der Waals surface area (Å²) in [5.41, 5.74) is 1.06. The molecule has 0 saturated heterocycles. The lowest BCUT2D eigenvalue weighted by Crippen LogP contribution is -2.53. The second-order valence-electron chi connectivity index (χ2n) is 9.25. The Kier molecular flexibility index (Phi) is 10.5. The van der Waals surface area contributed by atoms with Crippen molar-refractivity contribution in [2.75, 3.05) is 18.0 Å². The number of rotatable bonds is 13. The molecule has 0 aromatic heterocycles. The Labute approximate surface area is 231 Å². The molecule has 0 bridgehead atoms. The van der Waals surface area contributed by atoms with Crippen molar-refractivity contribution >= 4 is 27.5 Å². The first kappa shape index (κ1) is 29.7. The Morgan fingerprint density at radius 1 is 0.872 bits per heavy atom. The summed E-state index contributed by atoms with van der Waals surface area (Å²) in [6, 6.07) is 23.1. The maximum absolute atomic E-state index is 14.1. The van der Waals surface area contributed by atoms with Gasteiger partial charge in [-0.1, -0.05) is 74.5 Å². The topological polar surface area (TPSA) is 96.0 Å². The summed E-state index contributed by atoms with van der Waals surface area (Å²) in [4.78, 5) is 28.9. The van der Waals surface area contributed by atoms with Crippen LogP contribution in [0.5, 0.6) is 5.75 Å². The molecule has 2 amide bonds. The molecule has 0 aliphatic heterocycles. The van der Waals surface area contributed by atoms with E-state index in [4.69, 9.17) is 4.74 Å². The third-order valence-corrected chi connectivity index (χ3v) is 8.32. The minimum Gasteiger partial charge on any atom is -0.495 e. The Balaban J connectivity index is 2.07. The number of anilines is 1. The molecule has 1 N–H and O–H groups in total. The minimum atomic E-state index is -4.16. The number of carbonyl (C=O) groups is 2. The summed E-state index contributed by atoms with van der Waals surface area (Å²) >= 11 is 0. The standard InChI is InChI=1S/C30H37N3O5S/c1-5-23(3)31-30(35)26(6-2)32(21-24-15-9-7-10-16-24)29(34)22-33(27-19-13-14-20-28(27)38-4)39(36,37)25-17-11-8-12-18-25/h7-20,23,26H,5-6,21-22H2,1-4H3,(H,31,35)/t23-,26-/m0/s1. The first-order chi connectivity index (χ1) is 18.7. The normalized spacial score (nSPS) is 12.7. The molecule has 0 fully saturated rings. The van der Waals surface area contributed by atoms with Gasteiger partial charge in [0.15, 0.2) is 0 Å². The minimum absolute atomic E-state index is 0.0415. The number of para-hydroxylation sites is 2. The van der Waals surface area contributed by atoms with Gasteiger partial charge in [-0.15, -0.1) is 0 Å². The molecule has 0 saturated carbocycles. The molecule has 0 radical (unpaired) electrons. The summed E-state index contributed by atoms with van der Waals surface area (Å²) in [6.45, 7) is 5.35. The van der Waals surface area contributed by atoms with Gasteiger partial charge in [-0.05, 0) is 49.6 Å². The van der Waals surface area contributed by atoms with Crippen molar-refractivity contribution in [2.45, 2.75) is 57.1 Å². The molecule has 0 spiro atoms. The smallest absolute Gasteiger partial charge is 0.264 e. The molecular weight excluding hydrogens is 514 g/mol. The van der Waals surface area contributed by atoms with E-state index >= 15 is 0 Å². The molecule has 0 aliphatic carbocycles. The van der Waals surface area contributed by atoms with Crippen LogP contribution in [0.1, 0.15) is 39.2 Å². The predicted molar refractivity (Wildman–Crippen MR) is 153 cm³/mol. The number of hydrogen-bond acceptors (Lipinski definition) is 5. The van der Waals surface area contributed by atoms with Crippen molar-refractivity contribution in [3.8, 4) is 5.75 Å². The van der Waals surface area contributed by atoms with Crippen LogP contribution in [0.3, 0.4) is 0 Å². The Morgan fingerprint density at radius 3 is 2.05 bits per heavy atom. The van der Waals surface area contributed by atoms with E-state index in [1.54, 1.807) is 42.5 Å². The van der Waals surface area contributed by atoms with Crippen LogP contribution in [0.25, 0.3) is 0 Å². The molecule has 0 heterocycles. The van der Waals surface area contributed by atoms with Crippen LogP contribution in [0.2, 0.25) is 0 Å². The second-order valence-corrected chi connectivity index (χ2v) is 11.1. The van der Waals surface area contributed by atoms with Gasteiger partial charge < -0.3 is 15.0 Å². The molecule has 0 aliphatic rings. The van der Waals surface area contributed by atoms with E-state index in [9.17, 15) is 18.0 Å². The fourth-order valence-electron chi connectivity index (χ4n) is 4.21. The van der Waals surface area contributed by atoms with Crippen LogP contribution in [0, 0.1) is 0 Å². The molecule has 39 heavy (non-hydrogen) atoms. The predicted octanol–water partition coefficient (Wildman–Crippen LogP) is 4.61. The van der Waals surface area contributed by atoms with Gasteiger partial charge >= 0.3 is 0 Å². The number of carbonyl (C=O) groups excluding carboxylic acids is 2. The van der Waals surface area contributed by atoms with Gasteiger partial charge in [0, 0.05) is 12.6 Å². The highest BCUT2D eigenvalue weighted by atomic mass is 32.2. The van der Waals surface area contributed by atoms with Gasteiger partial charge in [-0.25, -0.2) is 8.42 Å². The monoisotopic (exact) mass is 551 g/mol. The first-order valence-electron chi connectivity index (χ1n) is 13.1. The zero-order chi connectivity index (χ0) is 28.4. The lowest BCUT2D eigenvalue weighted by Gasteiger charge is -2.34. The van der Waals surface area contributed by atoms with E-state index in [2.05, 4.69) is 5.32 Å². The van der Waals surface area contributed by atoms with E-state index < -0.39 is 28.5 Å². The molecular formula is C30H37N3O5S. The van der Waals surface area contributed by atoms with Crippen LogP contribution in [-0.4, -0.2) is 50.9 Å². The van der Waals surface area contributed by atoms with E-state index in [0.29, 0.717) is 12.2 Å². The number of amides is 2. The maximum atomic E-state index is 14.1. The van der Waals surface area contributed by atoms with E-state index in [1.165, 1.54) is 24.1 Å². The highest BCUT2D eigenvalue weighted by Gasteiger charge is 2.34. The Morgan fingerprint density at radius 2 is 1.46 bits per heavy atom. The molecule has 3 rings (SSSR count). The van der Waals surface area contributed by atoms with Crippen LogP contribution in [0.15, 0.2) is 89.8 Å². The molecule has 3 aromatic carbocycles. The molecule has 208 valence electrons. The van der Waals surface area contributed by atoms with E-state index in [-0.39, 0.29) is 29.1 Å². The summed E-state index contributed by atoms with van der Waals surface area (Å²) in [5, 5.41) is 2.98. The zero-order valence-corrected chi connectivity index (χ0v) is 23.7. The number of ether oxygens (including phenoxy) is 1. The maximum Gasteiger partial charge on any atom is 0.264 e. The number of hydrogen-bond donors (Lipinski definition) is 1. The Bertz CT molecular complexity index is 1330. The molecule has 9 heteroatoms. The van der Waals surface area contributed by atoms with Crippen LogP contribution < -0.4 is 14.4 Å². The Hall–Kier alpha value is -3.85. The van der Waals surface area contributed by atoms with E-state index in [1.807, 2.05) is 51.1 Å².